The lowest BCUT2D eigenvalue weighted by molar-refractivity contribution is 0.214. The van der Waals surface area contributed by atoms with Crippen LogP contribution >= 0.6 is 22.9 Å². The van der Waals surface area contributed by atoms with Crippen LogP contribution in [-0.2, 0) is 6.42 Å². The first-order valence-corrected chi connectivity index (χ1v) is 7.24. The molecule has 1 atom stereocenters. The van der Waals surface area contributed by atoms with Gasteiger partial charge >= 0.3 is 0 Å². The zero-order valence-corrected chi connectivity index (χ0v) is 11.6. The molecule has 1 N–H and O–H groups in total. The summed E-state index contributed by atoms with van der Waals surface area (Å²) in [7, 11) is 0. The molecule has 94 valence electrons. The second-order valence-corrected chi connectivity index (χ2v) is 6.06. The second-order valence-electron chi connectivity index (χ2n) is 4.31. The molecule has 1 aliphatic heterocycles. The molecular weight excluding hydrogens is 266 g/mol. The van der Waals surface area contributed by atoms with Crippen molar-refractivity contribution in [1.29, 1.82) is 0 Å². The van der Waals surface area contributed by atoms with Gasteiger partial charge in [-0.25, -0.2) is 0 Å². The number of benzene rings is 1. The first-order valence-electron chi connectivity index (χ1n) is 6.05. The van der Waals surface area contributed by atoms with Gasteiger partial charge in [0, 0.05) is 4.88 Å². The quantitative estimate of drug-likeness (QED) is 0.873. The molecule has 1 unspecified atom stereocenters. The number of ether oxygens (including phenoxy) is 1. The largest absolute Gasteiger partial charge is 0.481 e. The highest BCUT2D eigenvalue weighted by molar-refractivity contribution is 7.16. The Kier molecular flexibility index (Phi) is 3.18. The first kappa shape index (κ1) is 11.9. The topological polar surface area (TPSA) is 21.3 Å². The standard InChI is InChI=1S/C14H14ClNOS/c1-2-9-3-4-11-10(7-9)16-8-12(17-11)13-5-6-14(15)18-13/h3-7,12,16H,2,8H2,1H3. The van der Waals surface area contributed by atoms with E-state index in [4.69, 9.17) is 16.3 Å². The van der Waals surface area contributed by atoms with E-state index in [1.165, 1.54) is 5.56 Å². The molecule has 4 heteroatoms. The molecule has 0 amide bonds. The Labute approximate surface area is 116 Å². The fourth-order valence-corrected chi connectivity index (χ4v) is 3.19. The Morgan fingerprint density at radius 3 is 3.00 bits per heavy atom. The normalized spacial score (nSPS) is 17.8. The van der Waals surface area contributed by atoms with Gasteiger partial charge in [-0.15, -0.1) is 11.3 Å². The van der Waals surface area contributed by atoms with E-state index in [-0.39, 0.29) is 6.10 Å². The van der Waals surface area contributed by atoms with Crippen LogP contribution in [-0.4, -0.2) is 6.54 Å². The number of rotatable bonds is 2. The summed E-state index contributed by atoms with van der Waals surface area (Å²) in [5.74, 6) is 0.924. The van der Waals surface area contributed by atoms with Gasteiger partial charge in [-0.1, -0.05) is 24.6 Å². The summed E-state index contributed by atoms with van der Waals surface area (Å²) in [4.78, 5) is 1.16. The SMILES string of the molecule is CCc1ccc2c(c1)NCC(c1ccc(Cl)s1)O2. The van der Waals surface area contributed by atoms with E-state index in [0.29, 0.717) is 0 Å². The van der Waals surface area contributed by atoms with Crippen molar-refractivity contribution in [3.05, 3.63) is 45.1 Å². The summed E-state index contributed by atoms with van der Waals surface area (Å²) in [6, 6.07) is 10.3. The van der Waals surface area contributed by atoms with Crippen LogP contribution in [0.3, 0.4) is 0 Å². The number of thiophene rings is 1. The minimum Gasteiger partial charge on any atom is -0.481 e. The zero-order valence-electron chi connectivity index (χ0n) is 10.1. The molecule has 2 nitrogen and oxygen atoms in total. The molecule has 2 aromatic rings. The van der Waals surface area contributed by atoms with E-state index in [0.717, 1.165) is 33.6 Å². The van der Waals surface area contributed by atoms with Crippen molar-refractivity contribution in [1.82, 2.24) is 0 Å². The van der Waals surface area contributed by atoms with Crippen molar-refractivity contribution in [2.24, 2.45) is 0 Å². The van der Waals surface area contributed by atoms with E-state index < -0.39 is 0 Å². The Hall–Kier alpha value is -1.19. The van der Waals surface area contributed by atoms with Crippen LogP contribution < -0.4 is 10.1 Å². The molecular formula is C14H14ClNOS. The summed E-state index contributed by atoms with van der Waals surface area (Å²) in [5, 5.41) is 3.43. The molecule has 2 heterocycles. The summed E-state index contributed by atoms with van der Waals surface area (Å²) in [6.45, 7) is 2.94. The molecule has 0 aliphatic carbocycles. The predicted octanol–water partition coefficient (Wildman–Crippen LogP) is 4.51. The molecule has 1 aromatic carbocycles. The smallest absolute Gasteiger partial charge is 0.150 e. The first-order chi connectivity index (χ1) is 8.76. The number of anilines is 1. The Morgan fingerprint density at radius 1 is 1.39 bits per heavy atom. The lowest BCUT2D eigenvalue weighted by atomic mass is 10.1. The molecule has 0 bridgehead atoms. The molecule has 0 radical (unpaired) electrons. The fourth-order valence-electron chi connectivity index (χ4n) is 2.10. The number of aryl methyl sites for hydroxylation is 1. The lowest BCUT2D eigenvalue weighted by Gasteiger charge is -2.27. The van der Waals surface area contributed by atoms with Gasteiger partial charge in [0.05, 0.1) is 16.6 Å². The maximum absolute atomic E-state index is 6.02. The predicted molar refractivity (Wildman–Crippen MR) is 77.0 cm³/mol. The number of nitrogens with one attached hydrogen (secondary N) is 1. The van der Waals surface area contributed by atoms with E-state index in [2.05, 4.69) is 24.4 Å². The van der Waals surface area contributed by atoms with Gasteiger partial charge in [0.2, 0.25) is 0 Å². The van der Waals surface area contributed by atoms with Gasteiger partial charge in [0.15, 0.2) is 6.10 Å². The number of halogens is 1. The maximum atomic E-state index is 6.02. The van der Waals surface area contributed by atoms with Crippen LogP contribution in [0.25, 0.3) is 0 Å². The van der Waals surface area contributed by atoms with Crippen molar-refractivity contribution in [3.8, 4) is 5.75 Å². The van der Waals surface area contributed by atoms with Crippen LogP contribution in [0.4, 0.5) is 5.69 Å². The average molecular weight is 280 g/mol. The van der Waals surface area contributed by atoms with Crippen molar-refractivity contribution < 1.29 is 4.74 Å². The molecule has 0 saturated heterocycles. The highest BCUT2D eigenvalue weighted by Crippen LogP contribution is 2.37. The van der Waals surface area contributed by atoms with Crippen molar-refractivity contribution in [2.45, 2.75) is 19.4 Å². The highest BCUT2D eigenvalue weighted by atomic mass is 35.5. The van der Waals surface area contributed by atoms with E-state index >= 15 is 0 Å². The summed E-state index contributed by atoms with van der Waals surface area (Å²) >= 11 is 7.54. The second kappa shape index (κ2) is 4.82. The zero-order chi connectivity index (χ0) is 12.5. The third-order valence-electron chi connectivity index (χ3n) is 3.11. The van der Waals surface area contributed by atoms with Crippen molar-refractivity contribution >= 4 is 28.6 Å². The van der Waals surface area contributed by atoms with Crippen molar-refractivity contribution in [3.63, 3.8) is 0 Å². The highest BCUT2D eigenvalue weighted by Gasteiger charge is 2.22. The number of hydrogen-bond donors (Lipinski definition) is 1. The molecule has 3 rings (SSSR count). The van der Waals surface area contributed by atoms with Crippen LogP contribution in [0.2, 0.25) is 4.34 Å². The molecule has 0 saturated carbocycles. The van der Waals surface area contributed by atoms with Crippen molar-refractivity contribution in [2.75, 3.05) is 11.9 Å². The fraction of sp³-hybridized carbons (Fsp3) is 0.286. The Bertz CT molecular complexity index is 567. The van der Waals surface area contributed by atoms with Crippen LogP contribution in [0.15, 0.2) is 30.3 Å². The summed E-state index contributed by atoms with van der Waals surface area (Å²) in [5.41, 5.74) is 2.41. The third-order valence-corrected chi connectivity index (χ3v) is 4.43. The van der Waals surface area contributed by atoms with Crippen LogP contribution in [0, 0.1) is 0 Å². The van der Waals surface area contributed by atoms with E-state index in [9.17, 15) is 0 Å². The van der Waals surface area contributed by atoms with Gasteiger partial charge in [-0.2, -0.15) is 0 Å². The number of hydrogen-bond acceptors (Lipinski definition) is 3. The van der Waals surface area contributed by atoms with Crippen LogP contribution in [0.1, 0.15) is 23.5 Å². The Balaban J connectivity index is 1.85. The molecule has 1 aliphatic rings. The Morgan fingerprint density at radius 2 is 2.28 bits per heavy atom. The van der Waals surface area contributed by atoms with Gasteiger partial charge in [0.1, 0.15) is 5.75 Å². The molecule has 0 fully saturated rings. The van der Waals surface area contributed by atoms with Gasteiger partial charge in [-0.3, -0.25) is 0 Å². The minimum absolute atomic E-state index is 0.0578. The molecule has 0 spiro atoms. The molecule has 18 heavy (non-hydrogen) atoms. The summed E-state index contributed by atoms with van der Waals surface area (Å²) in [6.07, 6.45) is 1.10. The average Bonchev–Trinajstić information content (AvgIpc) is 2.84. The third kappa shape index (κ3) is 2.20. The monoisotopic (exact) mass is 279 g/mol. The number of fused-ring (bicyclic) bond motifs is 1. The van der Waals surface area contributed by atoms with E-state index in [1.807, 2.05) is 18.2 Å². The van der Waals surface area contributed by atoms with Gasteiger partial charge in [0.25, 0.3) is 0 Å². The maximum Gasteiger partial charge on any atom is 0.150 e. The van der Waals surface area contributed by atoms with Gasteiger partial charge < -0.3 is 10.1 Å². The minimum atomic E-state index is 0.0578. The van der Waals surface area contributed by atoms with Crippen LogP contribution in [0.5, 0.6) is 5.75 Å². The van der Waals surface area contributed by atoms with E-state index in [1.54, 1.807) is 11.3 Å². The van der Waals surface area contributed by atoms with Gasteiger partial charge in [-0.05, 0) is 36.2 Å². The summed E-state index contributed by atoms with van der Waals surface area (Å²) < 4.78 is 6.83. The molecule has 1 aromatic heterocycles. The lowest BCUT2D eigenvalue weighted by Crippen LogP contribution is -2.22.